The first-order valence-electron chi connectivity index (χ1n) is 15.9. The maximum atomic E-state index is 10.9. The average Bonchev–Trinajstić information content (AvgIpc) is 3.67. The van der Waals surface area contributed by atoms with E-state index in [-0.39, 0.29) is 0 Å². The first-order chi connectivity index (χ1) is 23.8. The zero-order valence-corrected chi connectivity index (χ0v) is 25.8. The Morgan fingerprint density at radius 1 is 0.438 bits per heavy atom. The average molecular weight is 611 g/mol. The van der Waals surface area contributed by atoms with Crippen LogP contribution in [0, 0.1) is 17.9 Å². The van der Waals surface area contributed by atoms with Crippen LogP contribution in [0.25, 0.3) is 82.1 Å². The van der Waals surface area contributed by atoms with Crippen LogP contribution in [0.1, 0.15) is 5.56 Å². The number of hydrogen-bond donors (Lipinski definition) is 0. The van der Waals surface area contributed by atoms with Crippen molar-refractivity contribution in [2.45, 2.75) is 0 Å². The molecule has 0 unspecified atom stereocenters. The number of nitriles is 1. The number of nitrogens with zero attached hydrogens (tertiary/aromatic N) is 4. The van der Waals surface area contributed by atoms with E-state index in [1.165, 1.54) is 0 Å². The van der Waals surface area contributed by atoms with Crippen LogP contribution in [-0.4, -0.2) is 9.13 Å². The summed E-state index contributed by atoms with van der Waals surface area (Å²) in [6.45, 7) is 7.62. The number of benzene rings is 7. The summed E-state index contributed by atoms with van der Waals surface area (Å²) in [7, 11) is 0. The molecule has 0 amide bonds. The van der Waals surface area contributed by atoms with Gasteiger partial charge >= 0.3 is 0 Å². The van der Waals surface area contributed by atoms with Gasteiger partial charge in [0.1, 0.15) is 6.07 Å². The monoisotopic (exact) mass is 610 g/mol. The second-order valence-corrected chi connectivity index (χ2v) is 11.9. The standard InChI is InChI=1S/C44H26N4/c1-46-29-25-26-44-37(27-29)36-18-7-11-23-42(36)48(44)39-20-8-4-15-33(39)31-14-3-2-13-30(31)32-19-12-24-43(38(32)28-45)47-40-21-9-5-16-34(40)35-17-6-10-22-41(35)47/h2-27H. The Morgan fingerprint density at radius 2 is 0.896 bits per heavy atom. The van der Waals surface area contributed by atoms with Crippen molar-refractivity contribution in [2.75, 3.05) is 0 Å². The zero-order valence-electron chi connectivity index (χ0n) is 25.8. The third-order valence-corrected chi connectivity index (χ3v) is 9.41. The minimum Gasteiger partial charge on any atom is -0.309 e. The van der Waals surface area contributed by atoms with E-state index in [1.807, 2.05) is 36.4 Å². The molecule has 9 aromatic rings. The van der Waals surface area contributed by atoms with Gasteiger partial charge in [-0.15, -0.1) is 0 Å². The van der Waals surface area contributed by atoms with Gasteiger partial charge in [0.15, 0.2) is 5.69 Å². The summed E-state index contributed by atoms with van der Waals surface area (Å²) < 4.78 is 4.52. The molecule has 0 aliphatic carbocycles. The SMILES string of the molecule is [C-]#[N+]c1ccc2c(c1)c1ccccc1n2-c1ccccc1-c1ccccc1-c1cccc(-n2c3ccccc3c3ccccc32)c1C#N. The van der Waals surface area contributed by atoms with Gasteiger partial charge in [0.25, 0.3) is 0 Å². The first-order valence-corrected chi connectivity index (χ1v) is 15.9. The molecule has 0 radical (unpaired) electrons. The predicted molar refractivity (Wildman–Crippen MR) is 197 cm³/mol. The minimum atomic E-state index is 0.621. The molecule has 0 aliphatic rings. The van der Waals surface area contributed by atoms with E-state index < -0.39 is 0 Å². The Balaban J connectivity index is 1.30. The van der Waals surface area contributed by atoms with Gasteiger partial charge < -0.3 is 9.13 Å². The molecule has 0 aliphatic heterocycles. The normalized spacial score (nSPS) is 11.3. The molecule has 0 fully saturated rings. The highest BCUT2D eigenvalue weighted by Crippen LogP contribution is 2.42. The maximum Gasteiger partial charge on any atom is 0.188 e. The highest BCUT2D eigenvalue weighted by atomic mass is 15.0. The number of rotatable bonds is 4. The highest BCUT2D eigenvalue weighted by molar-refractivity contribution is 6.11. The summed E-state index contributed by atoms with van der Waals surface area (Å²) in [6.07, 6.45) is 0. The van der Waals surface area contributed by atoms with Crippen molar-refractivity contribution in [3.63, 3.8) is 0 Å². The fraction of sp³-hybridized carbons (Fsp3) is 0. The lowest BCUT2D eigenvalue weighted by Crippen LogP contribution is -2.01. The van der Waals surface area contributed by atoms with Crippen LogP contribution in [0.15, 0.2) is 158 Å². The number of hydrogen-bond acceptors (Lipinski definition) is 1. The summed E-state index contributed by atoms with van der Waals surface area (Å²) in [5.74, 6) is 0. The molecule has 48 heavy (non-hydrogen) atoms. The molecule has 2 aromatic heterocycles. The molecule has 4 heteroatoms. The third kappa shape index (κ3) is 4.01. The smallest absolute Gasteiger partial charge is 0.188 e. The van der Waals surface area contributed by atoms with Crippen LogP contribution in [0.3, 0.4) is 0 Å². The summed E-state index contributed by atoms with van der Waals surface area (Å²) in [5.41, 5.74) is 11.3. The van der Waals surface area contributed by atoms with Gasteiger partial charge in [-0.25, -0.2) is 4.85 Å². The van der Waals surface area contributed by atoms with E-state index >= 15 is 0 Å². The molecule has 0 saturated heterocycles. The molecule has 9 rings (SSSR count). The lowest BCUT2D eigenvalue weighted by molar-refractivity contribution is 1.17. The summed E-state index contributed by atoms with van der Waals surface area (Å²) in [4.78, 5) is 3.71. The van der Waals surface area contributed by atoms with Crippen LogP contribution in [0.4, 0.5) is 5.69 Å². The lowest BCUT2D eigenvalue weighted by atomic mass is 9.90. The quantitative estimate of drug-likeness (QED) is 0.183. The van der Waals surface area contributed by atoms with Gasteiger partial charge in [0, 0.05) is 27.3 Å². The summed E-state index contributed by atoms with van der Waals surface area (Å²) in [5, 5.41) is 15.3. The van der Waals surface area contributed by atoms with E-state index in [4.69, 9.17) is 6.57 Å². The third-order valence-electron chi connectivity index (χ3n) is 9.41. The summed E-state index contributed by atoms with van der Waals surface area (Å²) >= 11 is 0. The fourth-order valence-electron chi connectivity index (χ4n) is 7.39. The molecule has 222 valence electrons. The lowest BCUT2D eigenvalue weighted by Gasteiger charge is -2.18. The van der Waals surface area contributed by atoms with Crippen molar-refractivity contribution in [3.8, 4) is 39.7 Å². The molecular weight excluding hydrogens is 585 g/mol. The van der Waals surface area contributed by atoms with E-state index in [0.717, 1.165) is 77.2 Å². The van der Waals surface area contributed by atoms with Gasteiger partial charge in [-0.05, 0) is 59.0 Å². The molecule has 0 N–H and O–H groups in total. The Kier molecular flexibility index (Phi) is 6.22. The van der Waals surface area contributed by atoms with Crippen LogP contribution < -0.4 is 0 Å². The van der Waals surface area contributed by atoms with Crippen LogP contribution in [-0.2, 0) is 0 Å². The molecule has 4 nitrogen and oxygen atoms in total. The van der Waals surface area contributed by atoms with E-state index in [1.54, 1.807) is 0 Å². The predicted octanol–water partition coefficient (Wildman–Crippen LogP) is 11.6. The van der Waals surface area contributed by atoms with Gasteiger partial charge in [-0.2, -0.15) is 5.26 Å². The van der Waals surface area contributed by atoms with Gasteiger partial charge in [0.2, 0.25) is 0 Å². The molecule has 0 spiro atoms. The van der Waals surface area contributed by atoms with Crippen molar-refractivity contribution < 1.29 is 0 Å². The van der Waals surface area contributed by atoms with Crippen molar-refractivity contribution in [2.24, 2.45) is 0 Å². The number of para-hydroxylation sites is 4. The van der Waals surface area contributed by atoms with Gasteiger partial charge in [-0.3, -0.25) is 0 Å². The molecule has 0 bridgehead atoms. The minimum absolute atomic E-state index is 0.621. The zero-order chi connectivity index (χ0) is 32.2. The van der Waals surface area contributed by atoms with Gasteiger partial charge in [0.05, 0.1) is 45.6 Å². The highest BCUT2D eigenvalue weighted by Gasteiger charge is 2.21. The molecule has 0 saturated carbocycles. The van der Waals surface area contributed by atoms with Gasteiger partial charge in [-0.1, -0.05) is 115 Å². The summed E-state index contributed by atoms with van der Waals surface area (Å²) in [6, 6.07) is 56.7. The van der Waals surface area contributed by atoms with Crippen molar-refractivity contribution in [1.29, 1.82) is 5.26 Å². The molecule has 0 atom stereocenters. The molecular formula is C44H26N4. The Labute approximate surface area is 277 Å². The second-order valence-electron chi connectivity index (χ2n) is 11.9. The Morgan fingerprint density at radius 3 is 1.52 bits per heavy atom. The Bertz CT molecular complexity index is 2760. The topological polar surface area (TPSA) is 38.0 Å². The molecule has 7 aromatic carbocycles. The number of aromatic nitrogens is 2. The maximum absolute atomic E-state index is 10.9. The van der Waals surface area contributed by atoms with E-state index in [9.17, 15) is 5.26 Å². The van der Waals surface area contributed by atoms with Crippen molar-refractivity contribution in [1.82, 2.24) is 9.13 Å². The van der Waals surface area contributed by atoms with Crippen LogP contribution in [0.5, 0.6) is 0 Å². The largest absolute Gasteiger partial charge is 0.309 e. The fourth-order valence-corrected chi connectivity index (χ4v) is 7.39. The van der Waals surface area contributed by atoms with Crippen LogP contribution >= 0.6 is 0 Å². The number of fused-ring (bicyclic) bond motifs is 6. The van der Waals surface area contributed by atoms with Crippen molar-refractivity contribution >= 4 is 49.3 Å². The van der Waals surface area contributed by atoms with E-state index in [0.29, 0.717) is 11.3 Å². The second kappa shape index (κ2) is 10.9. The van der Waals surface area contributed by atoms with Crippen LogP contribution in [0.2, 0.25) is 0 Å². The first kappa shape index (κ1) is 27.4. The van der Waals surface area contributed by atoms with Crippen molar-refractivity contribution in [3.05, 3.63) is 175 Å². The molecule has 2 heterocycles. The Hall–Kier alpha value is -6.88. The van der Waals surface area contributed by atoms with E-state index in [2.05, 4.69) is 141 Å².